The minimum atomic E-state index is -0.117. The van der Waals surface area contributed by atoms with Crippen LogP contribution in [0, 0.1) is 0 Å². The van der Waals surface area contributed by atoms with E-state index < -0.39 is 0 Å². The number of halogens is 1. The van der Waals surface area contributed by atoms with Crippen molar-refractivity contribution in [1.82, 2.24) is 5.32 Å². The van der Waals surface area contributed by atoms with Gasteiger partial charge in [-0.1, -0.05) is 29.8 Å². The fourth-order valence-electron chi connectivity index (χ4n) is 1.34. The summed E-state index contributed by atoms with van der Waals surface area (Å²) in [5.74, 6) is -0.117. The molecular weight excluding hydrogens is 226 g/mol. The van der Waals surface area contributed by atoms with Crippen molar-refractivity contribution < 1.29 is 9.53 Å². The van der Waals surface area contributed by atoms with E-state index in [0.29, 0.717) is 18.2 Å². The Bertz CT molecular complexity index is 413. The number of amides is 1. The molecule has 1 aliphatic rings. The molecule has 1 aliphatic heterocycles. The summed E-state index contributed by atoms with van der Waals surface area (Å²) in [7, 11) is 0. The summed E-state index contributed by atoms with van der Waals surface area (Å²) in [6.07, 6.45) is 3.19. The van der Waals surface area contributed by atoms with Gasteiger partial charge in [0.15, 0.2) is 0 Å². The minimum absolute atomic E-state index is 0.117. The molecule has 0 aliphatic carbocycles. The van der Waals surface area contributed by atoms with Gasteiger partial charge in [-0.25, -0.2) is 0 Å². The van der Waals surface area contributed by atoms with Crippen molar-refractivity contribution in [2.45, 2.75) is 6.04 Å². The topological polar surface area (TPSA) is 38.3 Å². The SMILES string of the molecule is O=C(C=Cc1ccccc1Cl)NC1COC1. The zero-order chi connectivity index (χ0) is 11.4. The monoisotopic (exact) mass is 237 g/mol. The maximum atomic E-state index is 11.4. The molecule has 1 aromatic rings. The Hall–Kier alpha value is -1.32. The Morgan fingerprint density at radius 2 is 2.19 bits per heavy atom. The van der Waals surface area contributed by atoms with E-state index in [1.807, 2.05) is 18.2 Å². The van der Waals surface area contributed by atoms with Gasteiger partial charge in [-0.05, 0) is 17.7 Å². The third-order valence-corrected chi connectivity index (χ3v) is 2.65. The molecule has 4 heteroatoms. The number of ether oxygens (including phenoxy) is 1. The highest BCUT2D eigenvalue weighted by Crippen LogP contribution is 2.16. The molecule has 1 N–H and O–H groups in total. The smallest absolute Gasteiger partial charge is 0.244 e. The molecule has 1 fully saturated rings. The molecular formula is C12H12ClNO2. The molecule has 1 heterocycles. The first-order valence-electron chi connectivity index (χ1n) is 5.06. The van der Waals surface area contributed by atoms with Crippen LogP contribution in [0.5, 0.6) is 0 Å². The van der Waals surface area contributed by atoms with Crippen LogP contribution in [-0.4, -0.2) is 25.2 Å². The van der Waals surface area contributed by atoms with Crippen LogP contribution in [0.1, 0.15) is 5.56 Å². The fraction of sp³-hybridized carbons (Fsp3) is 0.250. The first-order chi connectivity index (χ1) is 7.75. The van der Waals surface area contributed by atoms with E-state index in [2.05, 4.69) is 5.32 Å². The van der Waals surface area contributed by atoms with E-state index >= 15 is 0 Å². The lowest BCUT2D eigenvalue weighted by Gasteiger charge is -2.26. The Kier molecular flexibility index (Phi) is 3.59. The van der Waals surface area contributed by atoms with E-state index in [4.69, 9.17) is 16.3 Å². The molecule has 0 radical (unpaired) electrons. The van der Waals surface area contributed by atoms with Crippen LogP contribution in [0.4, 0.5) is 0 Å². The van der Waals surface area contributed by atoms with Gasteiger partial charge in [0, 0.05) is 11.1 Å². The van der Waals surface area contributed by atoms with Crippen LogP contribution in [-0.2, 0) is 9.53 Å². The van der Waals surface area contributed by atoms with Gasteiger partial charge in [-0.15, -0.1) is 0 Å². The molecule has 0 atom stereocenters. The van der Waals surface area contributed by atoms with Crippen molar-refractivity contribution in [2.75, 3.05) is 13.2 Å². The molecule has 16 heavy (non-hydrogen) atoms. The van der Waals surface area contributed by atoms with Crippen LogP contribution in [0.2, 0.25) is 5.02 Å². The second-order valence-corrected chi connectivity index (χ2v) is 4.01. The van der Waals surface area contributed by atoms with Crippen LogP contribution in [0.15, 0.2) is 30.3 Å². The number of nitrogens with one attached hydrogen (secondary N) is 1. The molecule has 0 unspecified atom stereocenters. The van der Waals surface area contributed by atoms with Crippen molar-refractivity contribution in [3.05, 3.63) is 40.9 Å². The summed E-state index contributed by atoms with van der Waals surface area (Å²) in [5.41, 5.74) is 0.837. The fourth-order valence-corrected chi connectivity index (χ4v) is 1.54. The van der Waals surface area contributed by atoms with E-state index in [1.54, 1.807) is 12.1 Å². The number of carbonyl (C=O) groups is 1. The number of rotatable bonds is 3. The highest BCUT2D eigenvalue weighted by atomic mass is 35.5. The number of carbonyl (C=O) groups excluding carboxylic acids is 1. The lowest BCUT2D eigenvalue weighted by atomic mass is 10.2. The molecule has 0 saturated carbocycles. The maximum Gasteiger partial charge on any atom is 0.244 e. The Morgan fingerprint density at radius 3 is 2.81 bits per heavy atom. The molecule has 3 nitrogen and oxygen atoms in total. The molecule has 1 amide bonds. The van der Waals surface area contributed by atoms with Crippen molar-refractivity contribution >= 4 is 23.6 Å². The van der Waals surface area contributed by atoms with E-state index in [9.17, 15) is 4.79 Å². The Balaban J connectivity index is 1.92. The van der Waals surface area contributed by atoms with Crippen molar-refractivity contribution in [3.8, 4) is 0 Å². The number of hydrogen-bond donors (Lipinski definition) is 1. The van der Waals surface area contributed by atoms with Crippen molar-refractivity contribution in [2.24, 2.45) is 0 Å². The molecule has 2 rings (SSSR count). The zero-order valence-corrected chi connectivity index (χ0v) is 9.41. The average molecular weight is 238 g/mol. The third-order valence-electron chi connectivity index (χ3n) is 2.30. The van der Waals surface area contributed by atoms with Crippen molar-refractivity contribution in [3.63, 3.8) is 0 Å². The zero-order valence-electron chi connectivity index (χ0n) is 8.65. The largest absolute Gasteiger partial charge is 0.377 e. The normalized spacial score (nSPS) is 16.1. The molecule has 0 bridgehead atoms. The van der Waals surface area contributed by atoms with E-state index in [0.717, 1.165) is 5.56 Å². The van der Waals surface area contributed by atoms with Gasteiger partial charge in [0.1, 0.15) is 0 Å². The summed E-state index contributed by atoms with van der Waals surface area (Å²) < 4.78 is 4.96. The van der Waals surface area contributed by atoms with Crippen LogP contribution in [0.25, 0.3) is 6.08 Å². The van der Waals surface area contributed by atoms with Gasteiger partial charge in [0.05, 0.1) is 19.3 Å². The van der Waals surface area contributed by atoms with Crippen LogP contribution in [0.3, 0.4) is 0 Å². The molecule has 84 valence electrons. The first-order valence-corrected chi connectivity index (χ1v) is 5.44. The lowest BCUT2D eigenvalue weighted by Crippen LogP contribution is -2.48. The van der Waals surface area contributed by atoms with Gasteiger partial charge in [0.2, 0.25) is 5.91 Å². The predicted octanol–water partition coefficient (Wildman–Crippen LogP) is 1.87. The van der Waals surface area contributed by atoms with Crippen LogP contribution < -0.4 is 5.32 Å². The molecule has 1 saturated heterocycles. The van der Waals surface area contributed by atoms with E-state index in [1.165, 1.54) is 6.08 Å². The Labute approximate surface area is 99.1 Å². The minimum Gasteiger partial charge on any atom is -0.377 e. The Morgan fingerprint density at radius 1 is 1.44 bits per heavy atom. The summed E-state index contributed by atoms with van der Waals surface area (Å²) in [6.45, 7) is 1.21. The highest BCUT2D eigenvalue weighted by Gasteiger charge is 2.18. The average Bonchev–Trinajstić information content (AvgIpc) is 2.22. The predicted molar refractivity (Wildman–Crippen MR) is 63.2 cm³/mol. The number of hydrogen-bond acceptors (Lipinski definition) is 2. The number of benzene rings is 1. The molecule has 0 aromatic heterocycles. The summed E-state index contributed by atoms with van der Waals surface area (Å²) in [5, 5.41) is 3.45. The standard InChI is InChI=1S/C12H12ClNO2/c13-11-4-2-1-3-9(11)5-6-12(15)14-10-7-16-8-10/h1-6,10H,7-8H2,(H,14,15). The van der Waals surface area contributed by atoms with Crippen molar-refractivity contribution in [1.29, 1.82) is 0 Å². The van der Waals surface area contributed by atoms with E-state index in [-0.39, 0.29) is 11.9 Å². The van der Waals surface area contributed by atoms with Gasteiger partial charge >= 0.3 is 0 Å². The second kappa shape index (κ2) is 5.14. The molecule has 1 aromatic carbocycles. The van der Waals surface area contributed by atoms with Gasteiger partial charge in [-0.2, -0.15) is 0 Å². The van der Waals surface area contributed by atoms with Gasteiger partial charge in [-0.3, -0.25) is 4.79 Å². The highest BCUT2D eigenvalue weighted by molar-refractivity contribution is 6.32. The lowest BCUT2D eigenvalue weighted by molar-refractivity contribution is -0.120. The van der Waals surface area contributed by atoms with Gasteiger partial charge < -0.3 is 10.1 Å². The summed E-state index contributed by atoms with van der Waals surface area (Å²) in [4.78, 5) is 11.4. The first kappa shape index (κ1) is 11.2. The van der Waals surface area contributed by atoms with Crippen LogP contribution >= 0.6 is 11.6 Å². The summed E-state index contributed by atoms with van der Waals surface area (Å²) in [6, 6.07) is 7.54. The maximum absolute atomic E-state index is 11.4. The third kappa shape index (κ3) is 2.84. The quantitative estimate of drug-likeness (QED) is 0.815. The summed E-state index contributed by atoms with van der Waals surface area (Å²) >= 11 is 5.95. The molecule has 0 spiro atoms. The second-order valence-electron chi connectivity index (χ2n) is 3.60. The van der Waals surface area contributed by atoms with Gasteiger partial charge in [0.25, 0.3) is 0 Å².